The van der Waals surface area contributed by atoms with Gasteiger partial charge in [0.1, 0.15) is 5.82 Å². The summed E-state index contributed by atoms with van der Waals surface area (Å²) in [4.78, 5) is 14.1. The molecule has 2 N–H and O–H groups in total. The smallest absolute Gasteiger partial charge is 0.278 e. The second kappa shape index (κ2) is 5.63. The molecule has 2 heterocycles. The molecule has 1 aromatic rings. The van der Waals surface area contributed by atoms with Gasteiger partial charge in [-0.25, -0.2) is 0 Å². The maximum Gasteiger partial charge on any atom is 0.278 e. The molecule has 0 unspecified atom stereocenters. The predicted octanol–water partition coefficient (Wildman–Crippen LogP) is 1.38. The van der Waals surface area contributed by atoms with Crippen LogP contribution in [0, 0.1) is 16.0 Å². The highest BCUT2D eigenvalue weighted by atomic mass is 16.6. The van der Waals surface area contributed by atoms with Gasteiger partial charge >= 0.3 is 0 Å². The summed E-state index contributed by atoms with van der Waals surface area (Å²) in [5, 5.41) is 10.7. The van der Waals surface area contributed by atoms with Crippen LogP contribution in [-0.4, -0.2) is 29.7 Å². The number of hydrogen-bond donors (Lipinski definition) is 1. The van der Waals surface area contributed by atoms with E-state index >= 15 is 0 Å². The first kappa shape index (κ1) is 12.6. The van der Waals surface area contributed by atoms with Crippen LogP contribution < -0.4 is 10.5 Å². The lowest BCUT2D eigenvalue weighted by atomic mass is 10.0. The van der Waals surface area contributed by atoms with E-state index in [2.05, 4.69) is 4.98 Å². The fraction of sp³-hybridized carbons (Fsp3) is 0.545. The molecule has 0 radical (unpaired) electrons. The van der Waals surface area contributed by atoms with E-state index in [1.54, 1.807) is 0 Å². The summed E-state index contributed by atoms with van der Waals surface area (Å²) < 4.78 is 10.7. The maximum atomic E-state index is 10.7. The standard InChI is InChI=1S/C11H15N3O4/c12-10-5-9(14(15)16)6-11(13-10)18-7-8-1-3-17-4-2-8/h5-6,8H,1-4,7H2,(H2,12,13). The molecule has 0 spiro atoms. The van der Waals surface area contributed by atoms with Crippen LogP contribution >= 0.6 is 0 Å². The number of nitro groups is 1. The molecule has 0 amide bonds. The minimum absolute atomic E-state index is 0.0891. The summed E-state index contributed by atoms with van der Waals surface area (Å²) in [5.41, 5.74) is 5.38. The van der Waals surface area contributed by atoms with Gasteiger partial charge in [0.05, 0.1) is 23.7 Å². The Bertz CT molecular complexity index is 432. The SMILES string of the molecule is Nc1cc([N+](=O)[O-])cc(OCC2CCOCC2)n1. The summed E-state index contributed by atoms with van der Waals surface area (Å²) in [5.74, 6) is 0.695. The van der Waals surface area contributed by atoms with Crippen molar-refractivity contribution in [3.8, 4) is 5.88 Å². The number of aromatic nitrogens is 1. The number of hydrogen-bond acceptors (Lipinski definition) is 6. The molecule has 1 aliphatic rings. The highest BCUT2D eigenvalue weighted by Crippen LogP contribution is 2.22. The van der Waals surface area contributed by atoms with Crippen LogP contribution in [0.25, 0.3) is 0 Å². The molecule has 0 atom stereocenters. The molecule has 7 nitrogen and oxygen atoms in total. The first-order chi connectivity index (χ1) is 8.65. The summed E-state index contributed by atoms with van der Waals surface area (Å²) in [6, 6.07) is 2.50. The first-order valence-electron chi connectivity index (χ1n) is 5.77. The van der Waals surface area contributed by atoms with Gasteiger partial charge in [-0.05, 0) is 18.8 Å². The van der Waals surface area contributed by atoms with Crippen molar-refractivity contribution in [2.75, 3.05) is 25.6 Å². The largest absolute Gasteiger partial charge is 0.477 e. The molecule has 1 saturated heterocycles. The van der Waals surface area contributed by atoms with Gasteiger partial charge in [-0.1, -0.05) is 0 Å². The number of anilines is 1. The van der Waals surface area contributed by atoms with Gasteiger partial charge < -0.3 is 15.2 Å². The average molecular weight is 253 g/mol. The Labute approximate surface area is 104 Å². The molecule has 0 saturated carbocycles. The van der Waals surface area contributed by atoms with Gasteiger partial charge in [0.2, 0.25) is 5.88 Å². The molecular weight excluding hydrogens is 238 g/mol. The number of nitrogens with two attached hydrogens (primary N) is 1. The fourth-order valence-electron chi connectivity index (χ4n) is 1.81. The zero-order valence-corrected chi connectivity index (χ0v) is 9.87. The van der Waals surface area contributed by atoms with Crippen LogP contribution in [0.5, 0.6) is 5.88 Å². The van der Waals surface area contributed by atoms with Crippen LogP contribution in [0.4, 0.5) is 11.5 Å². The molecule has 18 heavy (non-hydrogen) atoms. The molecule has 0 aliphatic carbocycles. The third-order valence-corrected chi connectivity index (χ3v) is 2.83. The monoisotopic (exact) mass is 253 g/mol. The van der Waals surface area contributed by atoms with E-state index in [-0.39, 0.29) is 17.4 Å². The van der Waals surface area contributed by atoms with Crippen molar-refractivity contribution in [1.82, 2.24) is 4.98 Å². The first-order valence-corrected chi connectivity index (χ1v) is 5.77. The number of nitrogen functional groups attached to an aromatic ring is 1. The number of ether oxygens (including phenoxy) is 2. The van der Waals surface area contributed by atoms with Crippen molar-refractivity contribution in [1.29, 1.82) is 0 Å². The van der Waals surface area contributed by atoms with Crippen molar-refractivity contribution in [3.63, 3.8) is 0 Å². The van der Waals surface area contributed by atoms with Crippen LogP contribution in [0.15, 0.2) is 12.1 Å². The molecule has 0 bridgehead atoms. The van der Waals surface area contributed by atoms with Crippen molar-refractivity contribution >= 4 is 11.5 Å². The van der Waals surface area contributed by atoms with E-state index in [1.807, 2.05) is 0 Å². The summed E-state index contributed by atoms with van der Waals surface area (Å²) >= 11 is 0. The van der Waals surface area contributed by atoms with Crippen molar-refractivity contribution in [2.45, 2.75) is 12.8 Å². The van der Waals surface area contributed by atoms with Gasteiger partial charge in [0, 0.05) is 13.2 Å². The molecule has 7 heteroatoms. The minimum atomic E-state index is -0.515. The van der Waals surface area contributed by atoms with E-state index in [1.165, 1.54) is 12.1 Å². The Balaban J connectivity index is 1.97. The van der Waals surface area contributed by atoms with Crippen LogP contribution in [0.2, 0.25) is 0 Å². The van der Waals surface area contributed by atoms with Gasteiger partial charge in [-0.2, -0.15) is 4.98 Å². The highest BCUT2D eigenvalue weighted by Gasteiger charge is 2.16. The van der Waals surface area contributed by atoms with Crippen molar-refractivity contribution < 1.29 is 14.4 Å². The Kier molecular flexibility index (Phi) is 3.93. The van der Waals surface area contributed by atoms with Gasteiger partial charge in [0.25, 0.3) is 5.69 Å². The maximum absolute atomic E-state index is 10.7. The molecule has 98 valence electrons. The third-order valence-electron chi connectivity index (χ3n) is 2.83. The van der Waals surface area contributed by atoms with E-state index in [0.717, 1.165) is 26.1 Å². The zero-order chi connectivity index (χ0) is 13.0. The lowest BCUT2D eigenvalue weighted by Gasteiger charge is -2.21. The summed E-state index contributed by atoms with van der Waals surface area (Å²) in [6.45, 7) is 1.95. The predicted molar refractivity (Wildman–Crippen MR) is 64.3 cm³/mol. The Morgan fingerprint density at radius 2 is 2.22 bits per heavy atom. The second-order valence-electron chi connectivity index (χ2n) is 4.21. The topological polar surface area (TPSA) is 101 Å². The molecular formula is C11H15N3O4. The third kappa shape index (κ3) is 3.30. The normalized spacial score (nSPS) is 16.4. The quantitative estimate of drug-likeness (QED) is 0.642. The Hall–Kier alpha value is -1.89. The van der Waals surface area contributed by atoms with Crippen LogP contribution in [-0.2, 0) is 4.74 Å². The Morgan fingerprint density at radius 1 is 1.50 bits per heavy atom. The number of rotatable bonds is 4. The average Bonchev–Trinajstić information content (AvgIpc) is 2.37. The van der Waals surface area contributed by atoms with E-state index in [0.29, 0.717) is 12.5 Å². The summed E-state index contributed by atoms with van der Waals surface area (Å²) in [7, 11) is 0. The number of pyridine rings is 1. The minimum Gasteiger partial charge on any atom is -0.477 e. The molecule has 1 aromatic heterocycles. The van der Waals surface area contributed by atoms with Gasteiger partial charge in [0.15, 0.2) is 0 Å². The second-order valence-corrected chi connectivity index (χ2v) is 4.21. The lowest BCUT2D eigenvalue weighted by molar-refractivity contribution is -0.384. The lowest BCUT2D eigenvalue weighted by Crippen LogP contribution is -2.21. The molecule has 2 rings (SSSR count). The van der Waals surface area contributed by atoms with Crippen LogP contribution in [0.3, 0.4) is 0 Å². The van der Waals surface area contributed by atoms with Crippen LogP contribution in [0.1, 0.15) is 12.8 Å². The van der Waals surface area contributed by atoms with Crippen molar-refractivity contribution in [3.05, 3.63) is 22.2 Å². The molecule has 0 aromatic carbocycles. The van der Waals surface area contributed by atoms with Crippen molar-refractivity contribution in [2.24, 2.45) is 5.92 Å². The molecule has 1 aliphatic heterocycles. The zero-order valence-electron chi connectivity index (χ0n) is 9.87. The van der Waals surface area contributed by atoms with Gasteiger partial charge in [-0.15, -0.1) is 0 Å². The van der Waals surface area contributed by atoms with E-state index in [9.17, 15) is 10.1 Å². The molecule has 1 fully saturated rings. The fourth-order valence-corrected chi connectivity index (χ4v) is 1.81. The number of nitrogens with zero attached hydrogens (tertiary/aromatic N) is 2. The summed E-state index contributed by atoms with van der Waals surface area (Å²) in [6.07, 6.45) is 1.87. The van der Waals surface area contributed by atoms with Gasteiger partial charge in [-0.3, -0.25) is 10.1 Å². The highest BCUT2D eigenvalue weighted by molar-refractivity contribution is 5.45. The van der Waals surface area contributed by atoms with E-state index in [4.69, 9.17) is 15.2 Å². The van der Waals surface area contributed by atoms with E-state index < -0.39 is 4.92 Å². The Morgan fingerprint density at radius 3 is 2.89 bits per heavy atom.